The van der Waals surface area contributed by atoms with Crippen molar-refractivity contribution in [2.24, 2.45) is 0 Å². The van der Waals surface area contributed by atoms with Crippen LogP contribution in [-0.4, -0.2) is 36.1 Å². The molecule has 6 heteroatoms. The Morgan fingerprint density at radius 1 is 1.25 bits per heavy atom. The maximum Gasteiger partial charge on any atom is 0.126 e. The number of unbranched alkanes of at least 4 members (excludes halogenated alkanes) is 1. The standard InChI is InChI=1S/C22H29N5O/c1-3-5-9-20-22-25-18(16-8-6-7-10-21(16)28)14-26(22)11-12-27(20)19(4-2)17-13-23-15-24-17/h6-8,10,13-15,19-20,28H,3-5,9,11-12H2,1-2H3,(H,23,24). The smallest absolute Gasteiger partial charge is 0.126 e. The van der Waals surface area contributed by atoms with Crippen LogP contribution in [0.15, 0.2) is 43.0 Å². The molecule has 0 radical (unpaired) electrons. The van der Waals surface area contributed by atoms with Gasteiger partial charge in [-0.15, -0.1) is 0 Å². The number of H-pyrrole nitrogens is 1. The van der Waals surface area contributed by atoms with E-state index in [9.17, 15) is 5.11 Å². The SMILES string of the molecule is CCCCC1c2nc(-c3ccccc3O)cn2CCN1C(CC)c1cnc[nH]1. The summed E-state index contributed by atoms with van der Waals surface area (Å²) in [6.07, 6.45) is 10.2. The molecule has 2 unspecified atom stereocenters. The third kappa shape index (κ3) is 3.44. The van der Waals surface area contributed by atoms with Crippen LogP contribution in [0.5, 0.6) is 5.75 Å². The first-order valence-corrected chi connectivity index (χ1v) is 10.3. The van der Waals surface area contributed by atoms with E-state index in [0.29, 0.717) is 6.04 Å². The number of aromatic amines is 1. The van der Waals surface area contributed by atoms with Gasteiger partial charge in [0.15, 0.2) is 0 Å². The average Bonchev–Trinajstić information content (AvgIpc) is 3.38. The summed E-state index contributed by atoms with van der Waals surface area (Å²) in [6.45, 7) is 6.36. The number of nitrogens with zero attached hydrogens (tertiary/aromatic N) is 4. The fraction of sp³-hybridized carbons (Fsp3) is 0.455. The van der Waals surface area contributed by atoms with Crippen molar-refractivity contribution in [1.82, 2.24) is 24.4 Å². The number of rotatable bonds is 7. The summed E-state index contributed by atoms with van der Waals surface area (Å²) in [5.74, 6) is 1.39. The highest BCUT2D eigenvalue weighted by molar-refractivity contribution is 5.66. The molecule has 0 spiro atoms. The summed E-state index contributed by atoms with van der Waals surface area (Å²) in [4.78, 5) is 15.1. The second-order valence-corrected chi connectivity index (χ2v) is 7.52. The molecule has 0 saturated heterocycles. The summed E-state index contributed by atoms with van der Waals surface area (Å²) >= 11 is 0. The third-order valence-corrected chi connectivity index (χ3v) is 5.78. The van der Waals surface area contributed by atoms with Crippen LogP contribution < -0.4 is 0 Å². The van der Waals surface area contributed by atoms with E-state index in [4.69, 9.17) is 4.98 Å². The van der Waals surface area contributed by atoms with Gasteiger partial charge < -0.3 is 14.7 Å². The Morgan fingerprint density at radius 3 is 2.82 bits per heavy atom. The normalized spacial score (nSPS) is 18.1. The molecule has 2 atom stereocenters. The zero-order chi connectivity index (χ0) is 19.5. The minimum absolute atomic E-state index is 0.265. The summed E-state index contributed by atoms with van der Waals surface area (Å²) in [7, 11) is 0. The van der Waals surface area contributed by atoms with E-state index < -0.39 is 0 Å². The summed E-state index contributed by atoms with van der Waals surface area (Å²) < 4.78 is 2.28. The lowest BCUT2D eigenvalue weighted by molar-refractivity contribution is 0.0843. The average molecular weight is 380 g/mol. The van der Waals surface area contributed by atoms with Crippen LogP contribution in [0.2, 0.25) is 0 Å². The van der Waals surface area contributed by atoms with Gasteiger partial charge in [-0.3, -0.25) is 4.90 Å². The molecule has 3 heterocycles. The molecule has 1 aliphatic rings. The van der Waals surface area contributed by atoms with E-state index in [2.05, 4.69) is 39.5 Å². The lowest BCUT2D eigenvalue weighted by atomic mass is 10.0. The molecule has 0 bridgehead atoms. The van der Waals surface area contributed by atoms with Crippen LogP contribution in [0, 0.1) is 0 Å². The van der Waals surface area contributed by atoms with Crippen LogP contribution >= 0.6 is 0 Å². The van der Waals surface area contributed by atoms with Crippen LogP contribution in [0.25, 0.3) is 11.3 Å². The van der Waals surface area contributed by atoms with Gasteiger partial charge in [0.25, 0.3) is 0 Å². The number of hydrogen-bond acceptors (Lipinski definition) is 4. The number of benzene rings is 1. The Labute approximate surface area is 166 Å². The molecule has 148 valence electrons. The molecule has 1 aliphatic heterocycles. The molecule has 0 saturated carbocycles. The minimum Gasteiger partial charge on any atom is -0.507 e. The minimum atomic E-state index is 0.265. The number of aromatic hydroxyl groups is 1. The van der Waals surface area contributed by atoms with Gasteiger partial charge in [0.1, 0.15) is 11.6 Å². The molecule has 0 aliphatic carbocycles. The van der Waals surface area contributed by atoms with Crippen molar-refractivity contribution in [2.75, 3.05) is 6.54 Å². The van der Waals surface area contributed by atoms with Crippen molar-refractivity contribution < 1.29 is 5.11 Å². The van der Waals surface area contributed by atoms with Gasteiger partial charge in [-0.05, 0) is 25.0 Å². The summed E-state index contributed by atoms with van der Waals surface area (Å²) in [5.41, 5.74) is 2.82. The van der Waals surface area contributed by atoms with Gasteiger partial charge in [-0.2, -0.15) is 0 Å². The molecule has 2 aromatic heterocycles. The van der Waals surface area contributed by atoms with Gasteiger partial charge in [0.2, 0.25) is 0 Å². The maximum atomic E-state index is 10.3. The first-order valence-electron chi connectivity index (χ1n) is 10.3. The van der Waals surface area contributed by atoms with Crippen LogP contribution in [0.3, 0.4) is 0 Å². The number of nitrogens with one attached hydrogen (secondary N) is 1. The number of phenolic OH excluding ortho intramolecular Hbond substituents is 1. The Morgan fingerprint density at radius 2 is 2.11 bits per heavy atom. The van der Waals surface area contributed by atoms with Gasteiger partial charge in [-0.25, -0.2) is 9.97 Å². The number of phenols is 1. The van der Waals surface area contributed by atoms with E-state index in [1.165, 1.54) is 12.1 Å². The zero-order valence-electron chi connectivity index (χ0n) is 16.7. The molecule has 0 amide bonds. The highest BCUT2D eigenvalue weighted by atomic mass is 16.3. The zero-order valence-corrected chi connectivity index (χ0v) is 16.7. The van der Waals surface area contributed by atoms with E-state index in [1.54, 1.807) is 12.4 Å². The van der Waals surface area contributed by atoms with E-state index in [1.807, 2.05) is 24.4 Å². The lowest BCUT2D eigenvalue weighted by Crippen LogP contribution is -2.40. The van der Waals surface area contributed by atoms with Gasteiger partial charge in [0, 0.05) is 31.0 Å². The molecule has 2 N–H and O–H groups in total. The molecule has 6 nitrogen and oxygen atoms in total. The predicted molar refractivity (Wildman–Crippen MR) is 110 cm³/mol. The molecule has 0 fully saturated rings. The van der Waals surface area contributed by atoms with Gasteiger partial charge in [0.05, 0.1) is 29.8 Å². The lowest BCUT2D eigenvalue weighted by Gasteiger charge is -2.40. The molecular weight excluding hydrogens is 350 g/mol. The quantitative estimate of drug-likeness (QED) is 0.625. The fourth-order valence-corrected chi connectivity index (χ4v) is 4.37. The van der Waals surface area contributed by atoms with Crippen molar-refractivity contribution in [2.45, 2.75) is 58.2 Å². The first kappa shape index (κ1) is 18.7. The monoisotopic (exact) mass is 379 g/mol. The molecule has 3 aromatic rings. The third-order valence-electron chi connectivity index (χ3n) is 5.78. The predicted octanol–water partition coefficient (Wildman–Crippen LogP) is 4.68. The largest absolute Gasteiger partial charge is 0.507 e. The fourth-order valence-electron chi connectivity index (χ4n) is 4.37. The number of para-hydroxylation sites is 1. The second-order valence-electron chi connectivity index (χ2n) is 7.52. The van der Waals surface area contributed by atoms with Crippen molar-refractivity contribution >= 4 is 0 Å². The van der Waals surface area contributed by atoms with Crippen molar-refractivity contribution in [3.63, 3.8) is 0 Å². The highest BCUT2D eigenvalue weighted by Gasteiger charge is 2.34. The van der Waals surface area contributed by atoms with Crippen molar-refractivity contribution in [3.05, 3.63) is 54.5 Å². The number of imidazole rings is 2. The van der Waals surface area contributed by atoms with E-state index >= 15 is 0 Å². The summed E-state index contributed by atoms with van der Waals surface area (Å²) in [5, 5.41) is 10.3. The molecular formula is C22H29N5O. The van der Waals surface area contributed by atoms with Crippen molar-refractivity contribution in [3.8, 4) is 17.0 Å². The topological polar surface area (TPSA) is 70.0 Å². The first-order chi connectivity index (χ1) is 13.7. The van der Waals surface area contributed by atoms with E-state index in [0.717, 1.165) is 49.4 Å². The number of aromatic nitrogens is 4. The Bertz CT molecular complexity index is 902. The number of hydrogen-bond donors (Lipinski definition) is 2. The Hall–Kier alpha value is -2.60. The molecule has 1 aromatic carbocycles. The number of fused-ring (bicyclic) bond motifs is 1. The second kappa shape index (κ2) is 8.19. The van der Waals surface area contributed by atoms with Gasteiger partial charge >= 0.3 is 0 Å². The van der Waals surface area contributed by atoms with Crippen molar-refractivity contribution in [1.29, 1.82) is 0 Å². The van der Waals surface area contributed by atoms with Gasteiger partial charge in [-0.1, -0.05) is 38.8 Å². The summed E-state index contributed by atoms with van der Waals surface area (Å²) in [6, 6.07) is 8.02. The Balaban J connectivity index is 1.71. The molecule has 28 heavy (non-hydrogen) atoms. The molecule has 4 rings (SSSR count). The van der Waals surface area contributed by atoms with Crippen LogP contribution in [0.1, 0.15) is 63.1 Å². The Kier molecular flexibility index (Phi) is 5.48. The maximum absolute atomic E-state index is 10.3. The van der Waals surface area contributed by atoms with Crippen LogP contribution in [0.4, 0.5) is 0 Å². The van der Waals surface area contributed by atoms with Crippen LogP contribution in [-0.2, 0) is 6.54 Å². The highest BCUT2D eigenvalue weighted by Crippen LogP contribution is 2.39. The van der Waals surface area contributed by atoms with E-state index in [-0.39, 0.29) is 11.8 Å².